The summed E-state index contributed by atoms with van der Waals surface area (Å²) in [5.41, 5.74) is 4.18. The molecule has 4 rings (SSSR count). The van der Waals surface area contributed by atoms with Gasteiger partial charge in [-0.15, -0.1) is 0 Å². The van der Waals surface area contributed by atoms with Crippen LogP contribution in [0.1, 0.15) is 0 Å². The van der Waals surface area contributed by atoms with Crippen molar-refractivity contribution in [3.63, 3.8) is 0 Å². The fraction of sp³-hybridized carbons (Fsp3) is 0. The zero-order chi connectivity index (χ0) is 15.6. The zero-order valence-electron chi connectivity index (χ0n) is 12.6. The molecule has 4 aromatic carbocycles. The van der Waals surface area contributed by atoms with Gasteiger partial charge in [0.05, 0.1) is 0 Å². The molecule has 1 heteroatoms. The van der Waals surface area contributed by atoms with E-state index in [0.29, 0.717) is 5.75 Å². The molecule has 1 nitrogen and oxygen atoms in total. The third-order valence-corrected chi connectivity index (χ3v) is 4.19. The summed E-state index contributed by atoms with van der Waals surface area (Å²) in [6.07, 6.45) is 0. The normalized spacial score (nSPS) is 10.8. The summed E-state index contributed by atoms with van der Waals surface area (Å²) in [5, 5.41) is 12.7. The van der Waals surface area contributed by atoms with E-state index in [1.165, 1.54) is 0 Å². The monoisotopic (exact) mass is 296 g/mol. The summed E-state index contributed by atoms with van der Waals surface area (Å²) < 4.78 is 0. The van der Waals surface area contributed by atoms with Crippen molar-refractivity contribution in [3.8, 4) is 28.0 Å². The average molecular weight is 296 g/mol. The van der Waals surface area contributed by atoms with Gasteiger partial charge in [0.25, 0.3) is 0 Å². The highest BCUT2D eigenvalue weighted by Gasteiger charge is 2.13. The van der Waals surface area contributed by atoms with E-state index >= 15 is 0 Å². The molecule has 1 N–H and O–H groups in total. The largest absolute Gasteiger partial charge is 0.507 e. The van der Waals surface area contributed by atoms with Crippen LogP contribution in [0.25, 0.3) is 33.0 Å². The number of benzene rings is 4. The Bertz CT molecular complexity index is 957. The predicted octanol–water partition coefficient (Wildman–Crippen LogP) is 5.88. The van der Waals surface area contributed by atoms with Crippen LogP contribution in [0.4, 0.5) is 0 Å². The fourth-order valence-electron chi connectivity index (χ4n) is 3.05. The van der Waals surface area contributed by atoms with E-state index in [-0.39, 0.29) is 0 Å². The molecule has 0 amide bonds. The zero-order valence-corrected chi connectivity index (χ0v) is 12.6. The number of aromatic hydroxyl groups is 1. The Morgan fingerprint density at radius 2 is 0.957 bits per heavy atom. The van der Waals surface area contributed by atoms with E-state index in [1.54, 1.807) is 0 Å². The van der Waals surface area contributed by atoms with Gasteiger partial charge < -0.3 is 5.11 Å². The minimum absolute atomic E-state index is 0.339. The molecular weight excluding hydrogens is 280 g/mol. The Labute approximate surface area is 135 Å². The van der Waals surface area contributed by atoms with Gasteiger partial charge in [0.1, 0.15) is 5.75 Å². The highest BCUT2D eigenvalue weighted by Crippen LogP contribution is 2.41. The van der Waals surface area contributed by atoms with Crippen LogP contribution in [-0.2, 0) is 0 Å². The number of hydrogen-bond donors (Lipinski definition) is 1. The smallest absolute Gasteiger partial charge is 0.131 e. The summed E-state index contributed by atoms with van der Waals surface area (Å²) in [7, 11) is 0. The number of phenolic OH excluding ortho intramolecular Hbond substituents is 1. The lowest BCUT2D eigenvalue weighted by molar-refractivity contribution is 0.483. The van der Waals surface area contributed by atoms with Crippen LogP contribution >= 0.6 is 0 Å². The first kappa shape index (κ1) is 13.6. The molecule has 110 valence electrons. The molecule has 0 saturated carbocycles. The quantitative estimate of drug-likeness (QED) is 0.490. The average Bonchev–Trinajstić information content (AvgIpc) is 2.64. The standard InChI is InChI=1S/C22H16O/c23-22-19-14-8-7-13-18(19)20(16-9-3-1-4-10-16)15-21(22)17-11-5-2-6-12-17/h1-15,23H. The van der Waals surface area contributed by atoms with Gasteiger partial charge in [0.2, 0.25) is 0 Å². The SMILES string of the molecule is Oc1c(-c2ccccc2)cc(-c2ccccc2)c2ccccc12. The van der Waals surface area contributed by atoms with Crippen LogP contribution in [0.3, 0.4) is 0 Å². The molecule has 0 heterocycles. The number of hydrogen-bond acceptors (Lipinski definition) is 1. The van der Waals surface area contributed by atoms with Crippen molar-refractivity contribution in [3.05, 3.63) is 91.0 Å². The minimum Gasteiger partial charge on any atom is -0.507 e. The minimum atomic E-state index is 0.339. The maximum absolute atomic E-state index is 10.8. The molecule has 4 aromatic rings. The molecule has 0 aromatic heterocycles. The van der Waals surface area contributed by atoms with E-state index in [1.807, 2.05) is 66.7 Å². The van der Waals surface area contributed by atoms with E-state index in [0.717, 1.165) is 33.0 Å². The van der Waals surface area contributed by atoms with Crippen LogP contribution in [0, 0.1) is 0 Å². The lowest BCUT2D eigenvalue weighted by atomic mass is 9.92. The van der Waals surface area contributed by atoms with Crippen molar-refractivity contribution in [1.82, 2.24) is 0 Å². The Kier molecular flexibility index (Phi) is 3.32. The van der Waals surface area contributed by atoms with Crippen molar-refractivity contribution < 1.29 is 5.11 Å². The molecule has 0 aliphatic carbocycles. The molecule has 0 fully saturated rings. The topological polar surface area (TPSA) is 20.2 Å². The maximum Gasteiger partial charge on any atom is 0.131 e. The third-order valence-electron chi connectivity index (χ3n) is 4.19. The van der Waals surface area contributed by atoms with Crippen molar-refractivity contribution in [1.29, 1.82) is 0 Å². The van der Waals surface area contributed by atoms with Gasteiger partial charge >= 0.3 is 0 Å². The highest BCUT2D eigenvalue weighted by atomic mass is 16.3. The van der Waals surface area contributed by atoms with Crippen LogP contribution in [-0.4, -0.2) is 5.11 Å². The Morgan fingerprint density at radius 1 is 0.478 bits per heavy atom. The maximum atomic E-state index is 10.8. The van der Waals surface area contributed by atoms with Gasteiger partial charge in [-0.3, -0.25) is 0 Å². The van der Waals surface area contributed by atoms with Crippen LogP contribution < -0.4 is 0 Å². The molecule has 0 spiro atoms. The Morgan fingerprint density at radius 3 is 1.57 bits per heavy atom. The number of phenols is 1. The van der Waals surface area contributed by atoms with Gasteiger partial charge in [0.15, 0.2) is 0 Å². The van der Waals surface area contributed by atoms with Gasteiger partial charge in [-0.05, 0) is 28.1 Å². The molecule has 0 saturated heterocycles. The second-order valence-electron chi connectivity index (χ2n) is 5.60. The van der Waals surface area contributed by atoms with E-state index in [9.17, 15) is 5.11 Å². The third kappa shape index (κ3) is 2.36. The predicted molar refractivity (Wildman–Crippen MR) is 96.5 cm³/mol. The van der Waals surface area contributed by atoms with Crippen molar-refractivity contribution in [2.45, 2.75) is 0 Å². The van der Waals surface area contributed by atoms with Crippen LogP contribution in [0.2, 0.25) is 0 Å². The first-order valence-electron chi connectivity index (χ1n) is 7.70. The molecule has 0 radical (unpaired) electrons. The van der Waals surface area contributed by atoms with E-state index in [2.05, 4.69) is 24.3 Å². The summed E-state index contributed by atoms with van der Waals surface area (Å²) in [6, 6.07) is 30.4. The van der Waals surface area contributed by atoms with Gasteiger partial charge in [-0.1, -0.05) is 84.9 Å². The second kappa shape index (κ2) is 5.62. The highest BCUT2D eigenvalue weighted by molar-refractivity contribution is 6.04. The van der Waals surface area contributed by atoms with E-state index in [4.69, 9.17) is 0 Å². The molecule has 0 atom stereocenters. The Hall–Kier alpha value is -3.06. The number of fused-ring (bicyclic) bond motifs is 1. The van der Waals surface area contributed by atoms with Crippen molar-refractivity contribution in [2.75, 3.05) is 0 Å². The van der Waals surface area contributed by atoms with E-state index < -0.39 is 0 Å². The molecule has 0 unspecified atom stereocenters. The molecular formula is C22H16O. The summed E-state index contributed by atoms with van der Waals surface area (Å²) in [4.78, 5) is 0. The molecule has 0 aliphatic rings. The summed E-state index contributed by atoms with van der Waals surface area (Å²) in [6.45, 7) is 0. The lowest BCUT2D eigenvalue weighted by Crippen LogP contribution is -1.87. The fourth-order valence-corrected chi connectivity index (χ4v) is 3.05. The number of rotatable bonds is 2. The summed E-state index contributed by atoms with van der Waals surface area (Å²) in [5.74, 6) is 0.339. The molecule has 0 aliphatic heterocycles. The van der Waals surface area contributed by atoms with Gasteiger partial charge in [-0.2, -0.15) is 0 Å². The van der Waals surface area contributed by atoms with Crippen LogP contribution in [0.5, 0.6) is 5.75 Å². The second-order valence-corrected chi connectivity index (χ2v) is 5.60. The van der Waals surface area contributed by atoms with Crippen molar-refractivity contribution >= 4 is 10.8 Å². The lowest BCUT2D eigenvalue weighted by Gasteiger charge is -2.13. The first-order valence-corrected chi connectivity index (χ1v) is 7.70. The molecule has 0 bridgehead atoms. The molecule has 23 heavy (non-hydrogen) atoms. The first-order chi connectivity index (χ1) is 11.3. The van der Waals surface area contributed by atoms with Crippen molar-refractivity contribution in [2.24, 2.45) is 0 Å². The van der Waals surface area contributed by atoms with Gasteiger partial charge in [0, 0.05) is 10.9 Å². The van der Waals surface area contributed by atoms with Crippen LogP contribution in [0.15, 0.2) is 91.0 Å². The van der Waals surface area contributed by atoms with Gasteiger partial charge in [-0.25, -0.2) is 0 Å². The Balaban J connectivity index is 2.08. The summed E-state index contributed by atoms with van der Waals surface area (Å²) >= 11 is 0.